The van der Waals surface area contributed by atoms with E-state index in [1.54, 1.807) is 0 Å². The Bertz CT molecular complexity index is 2140. The molecule has 0 fully saturated rings. The van der Waals surface area contributed by atoms with Gasteiger partial charge < -0.3 is 4.90 Å². The maximum atomic E-state index is 2.37. The molecule has 0 unspecified atom stereocenters. The lowest BCUT2D eigenvalue weighted by molar-refractivity contribution is 0.660. The fourth-order valence-corrected chi connectivity index (χ4v) is 7.12. The van der Waals surface area contributed by atoms with Crippen molar-refractivity contribution in [2.75, 3.05) is 4.90 Å². The zero-order valence-electron chi connectivity index (χ0n) is 26.2. The quantitative estimate of drug-likeness (QED) is 0.186. The second-order valence-electron chi connectivity index (χ2n) is 12.6. The molecule has 0 saturated carbocycles. The molecule has 0 aliphatic heterocycles. The van der Waals surface area contributed by atoms with Crippen LogP contribution in [0.2, 0.25) is 0 Å². The van der Waals surface area contributed by atoms with Crippen molar-refractivity contribution in [3.8, 4) is 44.5 Å². The normalized spacial score (nSPS) is 12.7. The van der Waals surface area contributed by atoms with Gasteiger partial charge in [0.2, 0.25) is 0 Å². The second kappa shape index (κ2) is 11.4. The first-order chi connectivity index (χ1) is 22.6. The maximum Gasteiger partial charge on any atom is 0.0468 e. The molecule has 220 valence electrons. The third kappa shape index (κ3) is 4.82. The molecule has 0 atom stereocenters. The van der Waals surface area contributed by atoms with Crippen molar-refractivity contribution in [1.29, 1.82) is 0 Å². The molecular formula is C45H35N. The zero-order valence-corrected chi connectivity index (χ0v) is 26.2. The van der Waals surface area contributed by atoms with E-state index in [1.165, 1.54) is 55.6 Å². The predicted octanol–water partition coefficient (Wildman–Crippen LogP) is 12.5. The minimum absolute atomic E-state index is 0.0155. The number of fused-ring (bicyclic) bond motifs is 3. The lowest BCUT2D eigenvalue weighted by Crippen LogP contribution is -2.15. The Morgan fingerprint density at radius 2 is 0.848 bits per heavy atom. The molecule has 0 radical (unpaired) electrons. The van der Waals surface area contributed by atoms with Gasteiger partial charge in [-0.05, 0) is 98.1 Å². The molecule has 0 heterocycles. The molecule has 0 bridgehead atoms. The van der Waals surface area contributed by atoms with Gasteiger partial charge >= 0.3 is 0 Å². The Morgan fingerprint density at radius 1 is 0.326 bits per heavy atom. The van der Waals surface area contributed by atoms with E-state index in [9.17, 15) is 0 Å². The van der Waals surface area contributed by atoms with Gasteiger partial charge in [-0.1, -0.05) is 147 Å². The van der Waals surface area contributed by atoms with Gasteiger partial charge in [0.1, 0.15) is 0 Å². The third-order valence-electron chi connectivity index (χ3n) is 9.49. The molecule has 1 nitrogen and oxygen atoms in total. The topological polar surface area (TPSA) is 3.24 Å². The molecule has 0 amide bonds. The van der Waals surface area contributed by atoms with Crippen LogP contribution in [0.1, 0.15) is 25.0 Å². The summed E-state index contributed by atoms with van der Waals surface area (Å²) in [5.74, 6) is 0. The molecule has 1 aliphatic rings. The summed E-state index contributed by atoms with van der Waals surface area (Å²) in [7, 11) is 0. The lowest BCUT2D eigenvalue weighted by atomic mass is 9.82. The van der Waals surface area contributed by atoms with Gasteiger partial charge in [0.15, 0.2) is 0 Å². The molecule has 7 aromatic rings. The highest BCUT2D eigenvalue weighted by Gasteiger charge is 2.35. The van der Waals surface area contributed by atoms with Crippen molar-refractivity contribution in [2.24, 2.45) is 0 Å². The van der Waals surface area contributed by atoms with Crippen LogP contribution >= 0.6 is 0 Å². The van der Waals surface area contributed by atoms with Gasteiger partial charge in [-0.2, -0.15) is 0 Å². The van der Waals surface area contributed by atoms with Crippen molar-refractivity contribution < 1.29 is 0 Å². The van der Waals surface area contributed by atoms with Gasteiger partial charge in [0.05, 0.1) is 0 Å². The first-order valence-corrected chi connectivity index (χ1v) is 16.0. The molecule has 0 N–H and O–H groups in total. The van der Waals surface area contributed by atoms with E-state index in [-0.39, 0.29) is 5.41 Å². The summed E-state index contributed by atoms with van der Waals surface area (Å²) in [6.45, 7) is 4.67. The largest absolute Gasteiger partial charge is 0.310 e. The number of hydrogen-bond donors (Lipinski definition) is 0. The summed E-state index contributed by atoms with van der Waals surface area (Å²) < 4.78 is 0. The van der Waals surface area contributed by atoms with Crippen LogP contribution in [0.3, 0.4) is 0 Å². The summed E-state index contributed by atoms with van der Waals surface area (Å²) in [6, 6.07) is 63.7. The van der Waals surface area contributed by atoms with E-state index >= 15 is 0 Å². The number of hydrogen-bond acceptors (Lipinski definition) is 1. The average Bonchev–Trinajstić information content (AvgIpc) is 3.35. The highest BCUT2D eigenvalue weighted by Crippen LogP contribution is 2.50. The lowest BCUT2D eigenvalue weighted by Gasteiger charge is -2.27. The highest BCUT2D eigenvalue weighted by molar-refractivity contribution is 5.89. The maximum absolute atomic E-state index is 2.37. The van der Waals surface area contributed by atoms with Crippen LogP contribution in [0.15, 0.2) is 176 Å². The smallest absolute Gasteiger partial charge is 0.0468 e. The summed E-state index contributed by atoms with van der Waals surface area (Å²) in [5.41, 5.74) is 16.2. The van der Waals surface area contributed by atoms with Crippen LogP contribution in [0.25, 0.3) is 44.5 Å². The molecule has 8 rings (SSSR count). The van der Waals surface area contributed by atoms with Crippen LogP contribution < -0.4 is 4.90 Å². The monoisotopic (exact) mass is 589 g/mol. The Morgan fingerprint density at radius 3 is 1.54 bits per heavy atom. The van der Waals surface area contributed by atoms with Gasteiger partial charge in [0, 0.05) is 22.5 Å². The Labute approximate surface area is 272 Å². The third-order valence-corrected chi connectivity index (χ3v) is 9.49. The summed E-state index contributed by atoms with van der Waals surface area (Å²) >= 11 is 0. The van der Waals surface area contributed by atoms with E-state index < -0.39 is 0 Å². The SMILES string of the molecule is CC1(C)c2ccccc2-c2cc(N(c3ccccc3)c3ccc(-c4ccc(-c5ccccc5)c(-c5ccccc5)c4)cc3)ccc21. The summed E-state index contributed by atoms with van der Waals surface area (Å²) in [6.07, 6.45) is 0. The molecule has 0 spiro atoms. The van der Waals surface area contributed by atoms with Gasteiger partial charge in [-0.15, -0.1) is 0 Å². The number of rotatable bonds is 6. The van der Waals surface area contributed by atoms with Crippen LogP contribution in [0.4, 0.5) is 17.1 Å². The van der Waals surface area contributed by atoms with Crippen molar-refractivity contribution in [2.45, 2.75) is 19.3 Å². The zero-order chi connectivity index (χ0) is 31.1. The van der Waals surface area contributed by atoms with Gasteiger partial charge in [-0.3, -0.25) is 0 Å². The number of anilines is 3. The number of benzene rings is 7. The van der Waals surface area contributed by atoms with E-state index in [0.717, 1.165) is 17.1 Å². The Balaban J connectivity index is 1.20. The second-order valence-corrected chi connectivity index (χ2v) is 12.6. The Kier molecular flexibility index (Phi) is 6.88. The highest BCUT2D eigenvalue weighted by atomic mass is 15.1. The van der Waals surface area contributed by atoms with E-state index in [0.29, 0.717) is 0 Å². The first kappa shape index (κ1) is 27.9. The first-order valence-electron chi connectivity index (χ1n) is 16.0. The van der Waals surface area contributed by atoms with Gasteiger partial charge in [0.25, 0.3) is 0 Å². The molecule has 0 aromatic heterocycles. The van der Waals surface area contributed by atoms with E-state index in [1.807, 2.05) is 0 Å². The minimum Gasteiger partial charge on any atom is -0.310 e. The van der Waals surface area contributed by atoms with Crippen LogP contribution in [0, 0.1) is 0 Å². The molecule has 7 aromatic carbocycles. The van der Waals surface area contributed by atoms with Crippen LogP contribution in [-0.2, 0) is 5.41 Å². The van der Waals surface area contributed by atoms with Gasteiger partial charge in [-0.25, -0.2) is 0 Å². The Hall–Kier alpha value is -5.66. The van der Waals surface area contributed by atoms with Crippen molar-refractivity contribution in [3.63, 3.8) is 0 Å². The minimum atomic E-state index is -0.0155. The fraction of sp³-hybridized carbons (Fsp3) is 0.0667. The summed E-state index contributed by atoms with van der Waals surface area (Å²) in [5, 5.41) is 0. The average molecular weight is 590 g/mol. The standard InChI is InChI=1S/C45H35N/c1-45(2)43-21-13-12-20-40(43)42-31-38(27-29-44(42)45)46(36-18-10-5-11-19-36)37-25-22-32(23-26-37)35-24-28-39(33-14-6-3-7-15-33)41(30-35)34-16-8-4-9-17-34/h3-31H,1-2H3. The number of para-hydroxylation sites is 1. The van der Waals surface area contributed by atoms with Crippen LogP contribution in [-0.4, -0.2) is 0 Å². The molecule has 46 heavy (non-hydrogen) atoms. The molecule has 0 saturated heterocycles. The van der Waals surface area contributed by atoms with Crippen molar-refractivity contribution in [1.82, 2.24) is 0 Å². The fourth-order valence-electron chi connectivity index (χ4n) is 7.12. The summed E-state index contributed by atoms with van der Waals surface area (Å²) in [4.78, 5) is 2.37. The van der Waals surface area contributed by atoms with E-state index in [4.69, 9.17) is 0 Å². The van der Waals surface area contributed by atoms with Crippen molar-refractivity contribution >= 4 is 17.1 Å². The van der Waals surface area contributed by atoms with Crippen LogP contribution in [0.5, 0.6) is 0 Å². The molecular weight excluding hydrogens is 555 g/mol. The number of nitrogens with zero attached hydrogens (tertiary/aromatic N) is 1. The predicted molar refractivity (Wildman–Crippen MR) is 195 cm³/mol. The van der Waals surface area contributed by atoms with Crippen molar-refractivity contribution in [3.05, 3.63) is 187 Å². The van der Waals surface area contributed by atoms with E-state index in [2.05, 4.69) is 195 Å². The molecule has 1 heteroatoms. The molecule has 1 aliphatic carbocycles.